The summed E-state index contributed by atoms with van der Waals surface area (Å²) < 4.78 is 30.8. The van der Waals surface area contributed by atoms with Crippen molar-refractivity contribution in [2.24, 2.45) is 0 Å². The number of nitrogens with zero attached hydrogens (tertiary/aromatic N) is 3. The summed E-state index contributed by atoms with van der Waals surface area (Å²) in [4.78, 5) is 26.7. The Morgan fingerprint density at radius 3 is 2.53 bits per heavy atom. The molecule has 0 saturated carbocycles. The molecule has 2 N–H and O–H groups in total. The highest BCUT2D eigenvalue weighted by Gasteiger charge is 2.21. The predicted molar refractivity (Wildman–Crippen MR) is 141 cm³/mol. The van der Waals surface area contributed by atoms with Gasteiger partial charge in [-0.25, -0.2) is 13.4 Å². The maximum absolute atomic E-state index is 12.7. The van der Waals surface area contributed by atoms with Crippen LogP contribution in [-0.4, -0.2) is 54.9 Å². The number of ether oxygens (including phenoxy) is 1. The fourth-order valence-electron chi connectivity index (χ4n) is 4.15. The minimum atomic E-state index is -3.50. The Morgan fingerprint density at radius 2 is 1.81 bits per heavy atom. The fourth-order valence-corrected chi connectivity index (χ4v) is 5.20. The van der Waals surface area contributed by atoms with Crippen molar-refractivity contribution in [1.29, 1.82) is 0 Å². The number of pyridine rings is 3. The molecule has 0 aliphatic carbocycles. The highest BCUT2D eigenvalue weighted by molar-refractivity contribution is 7.92. The summed E-state index contributed by atoms with van der Waals surface area (Å²) in [7, 11) is -3.50. The minimum Gasteiger partial charge on any atom is -0.378 e. The van der Waals surface area contributed by atoms with Crippen LogP contribution in [0.5, 0.6) is 0 Å². The number of rotatable bonds is 6. The lowest BCUT2D eigenvalue weighted by Gasteiger charge is -2.28. The van der Waals surface area contributed by atoms with Crippen molar-refractivity contribution < 1.29 is 13.2 Å². The molecule has 186 valence electrons. The molecule has 0 amide bonds. The average Bonchev–Trinajstić information content (AvgIpc) is 2.89. The second-order valence-electron chi connectivity index (χ2n) is 8.90. The molecule has 0 unspecified atom stereocenters. The lowest BCUT2D eigenvalue weighted by molar-refractivity contribution is 0.122. The molecule has 10 heteroatoms. The first-order valence-corrected chi connectivity index (χ1v) is 13.3. The number of H-pyrrole nitrogens is 1. The van der Waals surface area contributed by atoms with Crippen LogP contribution >= 0.6 is 0 Å². The summed E-state index contributed by atoms with van der Waals surface area (Å²) in [6.45, 7) is 6.37. The molecular formula is C26H27N5O4S. The second-order valence-corrected chi connectivity index (χ2v) is 11.4. The summed E-state index contributed by atoms with van der Waals surface area (Å²) in [5.41, 5.74) is 2.66. The molecule has 0 atom stereocenters. The van der Waals surface area contributed by atoms with E-state index in [2.05, 4.69) is 20.2 Å². The maximum Gasteiger partial charge on any atom is 0.259 e. The van der Waals surface area contributed by atoms with Crippen molar-refractivity contribution in [3.8, 4) is 11.3 Å². The first kappa shape index (κ1) is 24.0. The predicted octanol–water partition coefficient (Wildman–Crippen LogP) is 3.75. The van der Waals surface area contributed by atoms with Gasteiger partial charge in [0, 0.05) is 48.6 Å². The molecule has 1 saturated heterocycles. The van der Waals surface area contributed by atoms with E-state index in [1.54, 1.807) is 44.4 Å². The number of aromatic amines is 1. The SMILES string of the molecule is CC(C)S(=O)(=O)c1cncc(-c2cc3cc[nH]c(=O)c3c(Nc3ccc(N4CCOCC4)cc3)n2)c1. The Bertz CT molecular complexity index is 1560. The van der Waals surface area contributed by atoms with Gasteiger partial charge in [0.25, 0.3) is 5.56 Å². The summed E-state index contributed by atoms with van der Waals surface area (Å²) in [5.74, 6) is 0.376. The second kappa shape index (κ2) is 9.71. The zero-order valence-corrected chi connectivity index (χ0v) is 20.9. The number of fused-ring (bicyclic) bond motifs is 1. The van der Waals surface area contributed by atoms with Crippen molar-refractivity contribution in [2.75, 3.05) is 36.5 Å². The van der Waals surface area contributed by atoms with E-state index in [9.17, 15) is 13.2 Å². The third-order valence-corrected chi connectivity index (χ3v) is 8.34. The number of sulfone groups is 1. The van der Waals surface area contributed by atoms with Gasteiger partial charge in [-0.2, -0.15) is 0 Å². The van der Waals surface area contributed by atoms with Crippen LogP contribution in [0.4, 0.5) is 17.2 Å². The van der Waals surface area contributed by atoms with Gasteiger partial charge in [0.15, 0.2) is 9.84 Å². The molecule has 4 aromatic rings. The van der Waals surface area contributed by atoms with E-state index in [-0.39, 0.29) is 10.5 Å². The number of hydrogen-bond acceptors (Lipinski definition) is 8. The van der Waals surface area contributed by atoms with Crippen molar-refractivity contribution in [2.45, 2.75) is 24.0 Å². The van der Waals surface area contributed by atoms with Gasteiger partial charge in [-0.3, -0.25) is 9.78 Å². The molecule has 1 aliphatic heterocycles. The zero-order chi connectivity index (χ0) is 25.3. The molecule has 3 aromatic heterocycles. The third-order valence-electron chi connectivity index (χ3n) is 6.22. The van der Waals surface area contributed by atoms with Gasteiger partial charge in [-0.05, 0) is 61.7 Å². The van der Waals surface area contributed by atoms with E-state index in [0.29, 0.717) is 41.1 Å². The molecule has 1 aliphatic rings. The first-order valence-electron chi connectivity index (χ1n) is 11.7. The maximum atomic E-state index is 12.7. The highest BCUT2D eigenvalue weighted by Crippen LogP contribution is 2.30. The van der Waals surface area contributed by atoms with Crippen LogP contribution in [0.3, 0.4) is 0 Å². The van der Waals surface area contributed by atoms with Crippen LogP contribution in [0, 0.1) is 0 Å². The Balaban J connectivity index is 1.54. The quantitative estimate of drug-likeness (QED) is 0.407. The van der Waals surface area contributed by atoms with Crippen LogP contribution in [0.2, 0.25) is 0 Å². The Kier molecular flexibility index (Phi) is 6.46. The number of morpholine rings is 1. The monoisotopic (exact) mass is 505 g/mol. The molecule has 0 radical (unpaired) electrons. The van der Waals surface area contributed by atoms with Gasteiger partial charge in [0.05, 0.1) is 34.4 Å². The van der Waals surface area contributed by atoms with Gasteiger partial charge < -0.3 is 19.9 Å². The van der Waals surface area contributed by atoms with Crippen LogP contribution in [-0.2, 0) is 14.6 Å². The average molecular weight is 506 g/mol. The Labute approximate surface area is 209 Å². The molecule has 4 heterocycles. The molecule has 0 spiro atoms. The summed E-state index contributed by atoms with van der Waals surface area (Å²) in [6, 6.07) is 13.1. The smallest absolute Gasteiger partial charge is 0.259 e. The molecule has 1 aromatic carbocycles. The van der Waals surface area contributed by atoms with Crippen LogP contribution in [0.15, 0.2) is 70.7 Å². The van der Waals surface area contributed by atoms with Gasteiger partial charge in [0.1, 0.15) is 5.82 Å². The topological polar surface area (TPSA) is 117 Å². The number of aromatic nitrogens is 3. The van der Waals surface area contributed by atoms with E-state index in [1.807, 2.05) is 24.3 Å². The summed E-state index contributed by atoms with van der Waals surface area (Å²) in [5, 5.41) is 3.79. The lowest BCUT2D eigenvalue weighted by atomic mass is 10.1. The van der Waals surface area contributed by atoms with Crippen molar-refractivity contribution in [3.05, 3.63) is 71.4 Å². The third kappa shape index (κ3) is 4.69. The lowest BCUT2D eigenvalue weighted by Crippen LogP contribution is -2.36. The van der Waals surface area contributed by atoms with Crippen LogP contribution in [0.1, 0.15) is 13.8 Å². The largest absolute Gasteiger partial charge is 0.378 e. The summed E-state index contributed by atoms with van der Waals surface area (Å²) in [6.07, 6.45) is 4.49. The zero-order valence-electron chi connectivity index (χ0n) is 20.1. The van der Waals surface area contributed by atoms with E-state index >= 15 is 0 Å². The van der Waals surface area contributed by atoms with Crippen molar-refractivity contribution >= 4 is 37.8 Å². The van der Waals surface area contributed by atoms with Crippen molar-refractivity contribution in [1.82, 2.24) is 15.0 Å². The standard InChI is InChI=1S/C26H27N5O4S/c1-17(2)36(33,34)22-13-19(15-27-16-22)23-14-18-7-8-28-26(32)24(18)25(30-23)29-20-3-5-21(6-4-20)31-9-11-35-12-10-31/h3-8,13-17H,9-12H2,1-2H3,(H,28,32)(H,29,30). The van der Waals surface area contributed by atoms with Gasteiger partial charge in [-0.1, -0.05) is 0 Å². The van der Waals surface area contributed by atoms with Gasteiger partial charge >= 0.3 is 0 Å². The van der Waals surface area contributed by atoms with E-state index in [1.165, 1.54) is 6.20 Å². The van der Waals surface area contributed by atoms with E-state index in [4.69, 9.17) is 9.72 Å². The number of benzene rings is 1. The van der Waals surface area contributed by atoms with Crippen molar-refractivity contribution in [3.63, 3.8) is 0 Å². The Hall–Kier alpha value is -3.76. The molecular weight excluding hydrogens is 478 g/mol. The Morgan fingerprint density at radius 1 is 1.06 bits per heavy atom. The summed E-state index contributed by atoms with van der Waals surface area (Å²) >= 11 is 0. The van der Waals surface area contributed by atoms with Gasteiger partial charge in [-0.15, -0.1) is 0 Å². The first-order chi connectivity index (χ1) is 17.3. The minimum absolute atomic E-state index is 0.135. The number of anilines is 3. The fraction of sp³-hybridized carbons (Fsp3) is 0.269. The van der Waals surface area contributed by atoms with Crippen LogP contribution in [0.25, 0.3) is 22.0 Å². The normalized spacial score (nSPS) is 14.4. The molecule has 1 fully saturated rings. The van der Waals surface area contributed by atoms with Crippen LogP contribution < -0.4 is 15.8 Å². The van der Waals surface area contributed by atoms with E-state index in [0.717, 1.165) is 24.5 Å². The number of hydrogen-bond donors (Lipinski definition) is 2. The highest BCUT2D eigenvalue weighted by atomic mass is 32.2. The molecule has 0 bridgehead atoms. The van der Waals surface area contributed by atoms with E-state index < -0.39 is 15.1 Å². The molecule has 9 nitrogen and oxygen atoms in total. The molecule has 5 rings (SSSR count). The molecule has 36 heavy (non-hydrogen) atoms. The van der Waals surface area contributed by atoms with Gasteiger partial charge in [0.2, 0.25) is 0 Å². The number of nitrogens with one attached hydrogen (secondary N) is 2.